The van der Waals surface area contributed by atoms with E-state index >= 15 is 0 Å². The van der Waals surface area contributed by atoms with E-state index in [0.717, 1.165) is 24.4 Å². The van der Waals surface area contributed by atoms with Crippen molar-refractivity contribution < 1.29 is 9.53 Å². The predicted molar refractivity (Wildman–Crippen MR) is 60.3 cm³/mol. The molecule has 1 amide bonds. The third kappa shape index (κ3) is 2.72. The van der Waals surface area contributed by atoms with Crippen molar-refractivity contribution in [2.75, 3.05) is 19.7 Å². The molecule has 1 aliphatic rings. The van der Waals surface area contributed by atoms with Gasteiger partial charge in [-0.2, -0.15) is 0 Å². The van der Waals surface area contributed by atoms with Gasteiger partial charge in [-0.1, -0.05) is 0 Å². The highest BCUT2D eigenvalue weighted by Gasteiger charge is 2.19. The molecular formula is C12H16N2O2. The maximum Gasteiger partial charge on any atom is 0.222 e. The van der Waals surface area contributed by atoms with Crippen LogP contribution in [0.15, 0.2) is 18.3 Å². The van der Waals surface area contributed by atoms with E-state index in [0.29, 0.717) is 19.6 Å². The third-order valence-corrected chi connectivity index (χ3v) is 2.69. The minimum atomic E-state index is 0.241. The third-order valence-electron chi connectivity index (χ3n) is 2.69. The van der Waals surface area contributed by atoms with E-state index in [9.17, 15) is 4.79 Å². The largest absolute Gasteiger partial charge is 0.490 e. The average Bonchev–Trinajstić information content (AvgIpc) is 2.68. The van der Waals surface area contributed by atoms with Gasteiger partial charge in [0.1, 0.15) is 12.4 Å². The minimum absolute atomic E-state index is 0.241. The molecule has 16 heavy (non-hydrogen) atoms. The van der Waals surface area contributed by atoms with Gasteiger partial charge in [0.15, 0.2) is 0 Å². The Morgan fingerprint density at radius 3 is 3.00 bits per heavy atom. The maximum atomic E-state index is 11.3. The van der Waals surface area contributed by atoms with Crippen LogP contribution in [0.3, 0.4) is 0 Å². The number of amides is 1. The van der Waals surface area contributed by atoms with E-state index in [1.807, 2.05) is 24.0 Å². The SMILES string of the molecule is Cc1ccc(OCCN2CCCC2=O)cn1. The van der Waals surface area contributed by atoms with Gasteiger partial charge in [-0.25, -0.2) is 0 Å². The van der Waals surface area contributed by atoms with Crippen molar-refractivity contribution in [1.29, 1.82) is 0 Å². The van der Waals surface area contributed by atoms with Crippen LogP contribution in [0.1, 0.15) is 18.5 Å². The predicted octanol–water partition coefficient (Wildman–Crippen LogP) is 1.39. The summed E-state index contributed by atoms with van der Waals surface area (Å²) in [5.74, 6) is 1.00. The maximum absolute atomic E-state index is 11.3. The molecule has 1 fully saturated rings. The van der Waals surface area contributed by atoms with Crippen molar-refractivity contribution >= 4 is 5.91 Å². The Morgan fingerprint density at radius 1 is 1.50 bits per heavy atom. The summed E-state index contributed by atoms with van der Waals surface area (Å²) in [5, 5.41) is 0. The number of nitrogens with zero attached hydrogens (tertiary/aromatic N) is 2. The number of rotatable bonds is 4. The second-order valence-electron chi connectivity index (χ2n) is 3.97. The first-order valence-corrected chi connectivity index (χ1v) is 5.59. The lowest BCUT2D eigenvalue weighted by Crippen LogP contribution is -2.29. The first kappa shape index (κ1) is 10.9. The highest BCUT2D eigenvalue weighted by molar-refractivity contribution is 5.78. The number of pyridine rings is 1. The number of hydrogen-bond acceptors (Lipinski definition) is 3. The quantitative estimate of drug-likeness (QED) is 0.770. The fourth-order valence-corrected chi connectivity index (χ4v) is 1.75. The summed E-state index contributed by atoms with van der Waals surface area (Å²) in [6.07, 6.45) is 3.37. The minimum Gasteiger partial charge on any atom is -0.490 e. The number of aromatic nitrogens is 1. The first-order valence-electron chi connectivity index (χ1n) is 5.59. The lowest BCUT2D eigenvalue weighted by Gasteiger charge is -2.15. The normalized spacial score (nSPS) is 15.6. The molecule has 0 spiro atoms. The van der Waals surface area contributed by atoms with E-state index in [4.69, 9.17) is 4.74 Å². The zero-order valence-electron chi connectivity index (χ0n) is 9.48. The summed E-state index contributed by atoms with van der Waals surface area (Å²) in [5.41, 5.74) is 0.974. The molecule has 0 N–H and O–H groups in total. The summed E-state index contributed by atoms with van der Waals surface area (Å²) < 4.78 is 5.51. The molecule has 0 radical (unpaired) electrons. The zero-order valence-corrected chi connectivity index (χ0v) is 9.48. The molecule has 0 unspecified atom stereocenters. The second-order valence-corrected chi connectivity index (χ2v) is 3.97. The van der Waals surface area contributed by atoms with Gasteiger partial charge in [0.2, 0.25) is 5.91 Å². The first-order chi connectivity index (χ1) is 7.75. The highest BCUT2D eigenvalue weighted by Crippen LogP contribution is 2.11. The molecule has 2 heterocycles. The number of hydrogen-bond donors (Lipinski definition) is 0. The fourth-order valence-electron chi connectivity index (χ4n) is 1.75. The van der Waals surface area contributed by atoms with Crippen molar-refractivity contribution in [2.45, 2.75) is 19.8 Å². The molecule has 0 bridgehead atoms. The molecule has 0 aromatic carbocycles. The number of ether oxygens (including phenoxy) is 1. The molecular weight excluding hydrogens is 204 g/mol. The summed E-state index contributed by atoms with van der Waals surface area (Å²) in [6, 6.07) is 3.81. The number of aryl methyl sites for hydroxylation is 1. The molecule has 0 atom stereocenters. The van der Waals surface area contributed by atoms with Crippen LogP contribution in [0.4, 0.5) is 0 Å². The standard InChI is InChI=1S/C12H16N2O2/c1-10-4-5-11(9-13-10)16-8-7-14-6-2-3-12(14)15/h4-5,9H,2-3,6-8H2,1H3. The molecule has 86 valence electrons. The van der Waals surface area contributed by atoms with Crippen molar-refractivity contribution in [2.24, 2.45) is 0 Å². The smallest absolute Gasteiger partial charge is 0.222 e. The van der Waals surface area contributed by atoms with E-state index in [2.05, 4.69) is 4.98 Å². The van der Waals surface area contributed by atoms with Crippen LogP contribution in [0.2, 0.25) is 0 Å². The highest BCUT2D eigenvalue weighted by atomic mass is 16.5. The molecule has 2 rings (SSSR count). The Labute approximate surface area is 95.2 Å². The zero-order chi connectivity index (χ0) is 11.4. The monoisotopic (exact) mass is 220 g/mol. The molecule has 0 aliphatic carbocycles. The lowest BCUT2D eigenvalue weighted by atomic mass is 10.4. The van der Waals surface area contributed by atoms with Crippen molar-refractivity contribution in [3.8, 4) is 5.75 Å². The Hall–Kier alpha value is -1.58. The van der Waals surface area contributed by atoms with Crippen LogP contribution in [0, 0.1) is 6.92 Å². The van der Waals surface area contributed by atoms with E-state index < -0.39 is 0 Å². The molecule has 1 aliphatic heterocycles. The van der Waals surface area contributed by atoms with Gasteiger partial charge in [0.25, 0.3) is 0 Å². The van der Waals surface area contributed by atoms with Crippen LogP contribution in [0.5, 0.6) is 5.75 Å². The molecule has 4 nitrogen and oxygen atoms in total. The van der Waals surface area contributed by atoms with Crippen molar-refractivity contribution in [3.05, 3.63) is 24.0 Å². The van der Waals surface area contributed by atoms with Gasteiger partial charge in [0.05, 0.1) is 12.7 Å². The van der Waals surface area contributed by atoms with Gasteiger partial charge in [-0.05, 0) is 25.5 Å². The van der Waals surface area contributed by atoms with Crippen molar-refractivity contribution in [1.82, 2.24) is 9.88 Å². The molecule has 1 saturated heterocycles. The summed E-state index contributed by atoms with van der Waals surface area (Å²) >= 11 is 0. The van der Waals surface area contributed by atoms with Crippen LogP contribution in [-0.2, 0) is 4.79 Å². The van der Waals surface area contributed by atoms with Crippen LogP contribution in [-0.4, -0.2) is 35.5 Å². The van der Waals surface area contributed by atoms with E-state index in [1.165, 1.54) is 0 Å². The lowest BCUT2D eigenvalue weighted by molar-refractivity contribution is -0.128. The number of likely N-dealkylation sites (tertiary alicyclic amines) is 1. The number of carbonyl (C=O) groups excluding carboxylic acids is 1. The molecule has 4 heteroatoms. The van der Waals surface area contributed by atoms with Gasteiger partial charge >= 0.3 is 0 Å². The van der Waals surface area contributed by atoms with Crippen molar-refractivity contribution in [3.63, 3.8) is 0 Å². The fraction of sp³-hybridized carbons (Fsp3) is 0.500. The Morgan fingerprint density at radius 2 is 2.38 bits per heavy atom. The summed E-state index contributed by atoms with van der Waals surface area (Å²) in [4.78, 5) is 17.3. The molecule has 1 aromatic heterocycles. The Kier molecular flexibility index (Phi) is 3.39. The average molecular weight is 220 g/mol. The Balaban J connectivity index is 1.75. The summed E-state index contributed by atoms with van der Waals surface area (Å²) in [6.45, 7) is 4.02. The van der Waals surface area contributed by atoms with E-state index in [1.54, 1.807) is 6.20 Å². The second kappa shape index (κ2) is 4.96. The van der Waals surface area contributed by atoms with Crippen LogP contribution >= 0.6 is 0 Å². The van der Waals surface area contributed by atoms with E-state index in [-0.39, 0.29) is 5.91 Å². The Bertz CT molecular complexity index is 362. The van der Waals surface area contributed by atoms with Gasteiger partial charge in [-0.15, -0.1) is 0 Å². The molecule has 1 aromatic rings. The van der Waals surface area contributed by atoms with Crippen LogP contribution in [0.25, 0.3) is 0 Å². The van der Waals surface area contributed by atoms with Crippen LogP contribution < -0.4 is 4.74 Å². The number of carbonyl (C=O) groups is 1. The summed E-state index contributed by atoms with van der Waals surface area (Å²) in [7, 11) is 0. The molecule has 0 saturated carbocycles. The topological polar surface area (TPSA) is 42.4 Å². The van der Waals surface area contributed by atoms with Gasteiger partial charge in [0, 0.05) is 18.7 Å². The van der Waals surface area contributed by atoms with Gasteiger partial charge in [-0.3, -0.25) is 9.78 Å². The van der Waals surface area contributed by atoms with Gasteiger partial charge < -0.3 is 9.64 Å².